The summed E-state index contributed by atoms with van der Waals surface area (Å²) in [4.78, 5) is 20.3. The molecule has 0 aliphatic heterocycles. The van der Waals surface area contributed by atoms with Crippen molar-refractivity contribution in [2.24, 2.45) is 5.92 Å². The number of aromatic nitrogens is 2. The molecule has 0 saturated heterocycles. The van der Waals surface area contributed by atoms with E-state index in [4.69, 9.17) is 16.3 Å². The van der Waals surface area contributed by atoms with Gasteiger partial charge in [-0.2, -0.15) is 0 Å². The quantitative estimate of drug-likeness (QED) is 0.792. The minimum atomic E-state index is -0.443. The van der Waals surface area contributed by atoms with Gasteiger partial charge in [0.15, 0.2) is 5.69 Å². The number of nitrogens with zero attached hydrogens (tertiary/aromatic N) is 2. The van der Waals surface area contributed by atoms with E-state index in [1.54, 1.807) is 0 Å². The highest BCUT2D eigenvalue weighted by Gasteiger charge is 2.20. The number of ether oxygens (including phenoxy) is 1. The lowest BCUT2D eigenvalue weighted by Crippen LogP contribution is -2.15. The fraction of sp³-hybridized carbons (Fsp3) is 0.643. The molecule has 0 radical (unpaired) electrons. The third kappa shape index (κ3) is 3.66. The number of halogens is 1. The minimum absolute atomic E-state index is 0.152. The maximum absolute atomic E-state index is 12.0. The average molecular weight is 283 g/mol. The predicted octanol–water partition coefficient (Wildman–Crippen LogP) is 3.60. The molecule has 2 rings (SSSR count). The Labute approximate surface area is 118 Å². The van der Waals surface area contributed by atoms with Crippen molar-refractivity contribution in [1.29, 1.82) is 0 Å². The molecule has 0 N–H and O–H groups in total. The van der Waals surface area contributed by atoms with Crippen LogP contribution in [0.1, 0.15) is 61.8 Å². The van der Waals surface area contributed by atoms with Gasteiger partial charge in [0, 0.05) is 5.92 Å². The first-order valence-electron chi connectivity index (χ1n) is 6.77. The van der Waals surface area contributed by atoms with Crippen LogP contribution < -0.4 is 0 Å². The van der Waals surface area contributed by atoms with Gasteiger partial charge in [-0.1, -0.05) is 38.3 Å². The van der Waals surface area contributed by atoms with Gasteiger partial charge in [0.25, 0.3) is 0 Å². The van der Waals surface area contributed by atoms with E-state index in [2.05, 4.69) is 9.97 Å². The molecular weight excluding hydrogens is 264 g/mol. The summed E-state index contributed by atoms with van der Waals surface area (Å²) in [5, 5.41) is 0.251. The van der Waals surface area contributed by atoms with Crippen molar-refractivity contribution in [1.82, 2.24) is 9.97 Å². The lowest BCUT2D eigenvalue weighted by Gasteiger charge is -2.11. The third-order valence-corrected chi connectivity index (χ3v) is 3.67. The number of esters is 1. The molecule has 1 aromatic heterocycles. The molecule has 104 valence electrons. The zero-order valence-corrected chi connectivity index (χ0v) is 12.1. The first-order chi connectivity index (χ1) is 9.08. The fourth-order valence-corrected chi connectivity index (χ4v) is 2.41. The van der Waals surface area contributed by atoms with E-state index in [1.165, 1.54) is 19.0 Å². The normalized spacial score (nSPS) is 16.0. The van der Waals surface area contributed by atoms with Crippen molar-refractivity contribution in [2.75, 3.05) is 6.61 Å². The second-order valence-electron chi connectivity index (χ2n) is 5.33. The van der Waals surface area contributed by atoms with Gasteiger partial charge < -0.3 is 4.74 Å². The van der Waals surface area contributed by atoms with Crippen LogP contribution in [0.2, 0.25) is 5.02 Å². The lowest BCUT2D eigenvalue weighted by molar-refractivity contribution is 0.0435. The second kappa shape index (κ2) is 6.33. The Kier molecular flexibility index (Phi) is 4.75. The molecular formula is C14H19ClN2O2. The summed E-state index contributed by atoms with van der Waals surface area (Å²) in [6.07, 6.45) is 6.21. The van der Waals surface area contributed by atoms with Crippen LogP contribution in [0, 0.1) is 5.92 Å². The molecule has 4 nitrogen and oxygen atoms in total. The topological polar surface area (TPSA) is 52.1 Å². The van der Waals surface area contributed by atoms with Gasteiger partial charge in [0.2, 0.25) is 0 Å². The van der Waals surface area contributed by atoms with Gasteiger partial charge in [0.1, 0.15) is 5.82 Å². The van der Waals surface area contributed by atoms with Crippen LogP contribution in [-0.4, -0.2) is 22.5 Å². The van der Waals surface area contributed by atoms with Gasteiger partial charge in [-0.25, -0.2) is 14.8 Å². The van der Waals surface area contributed by atoms with E-state index in [9.17, 15) is 4.79 Å². The maximum atomic E-state index is 12.0. The van der Waals surface area contributed by atoms with Crippen LogP contribution in [0.25, 0.3) is 0 Å². The van der Waals surface area contributed by atoms with E-state index in [1.807, 2.05) is 13.8 Å². The molecule has 1 fully saturated rings. The first-order valence-corrected chi connectivity index (χ1v) is 7.15. The Balaban J connectivity index is 2.02. The summed E-state index contributed by atoms with van der Waals surface area (Å²) < 4.78 is 5.31. The molecule has 1 aromatic rings. The summed E-state index contributed by atoms with van der Waals surface area (Å²) in [6.45, 7) is 4.41. The summed E-state index contributed by atoms with van der Waals surface area (Å²) in [5.74, 6) is 0.811. The Morgan fingerprint density at radius 3 is 2.79 bits per heavy atom. The van der Waals surface area contributed by atoms with Gasteiger partial charge in [0.05, 0.1) is 17.8 Å². The molecule has 0 spiro atoms. The van der Waals surface area contributed by atoms with Crippen molar-refractivity contribution in [2.45, 2.75) is 45.4 Å². The number of hydrogen-bond acceptors (Lipinski definition) is 4. The van der Waals surface area contributed by atoms with E-state index in [0.717, 1.165) is 12.8 Å². The molecule has 1 aliphatic rings. The molecule has 1 saturated carbocycles. The van der Waals surface area contributed by atoms with Crippen molar-refractivity contribution < 1.29 is 9.53 Å². The molecule has 5 heteroatoms. The third-order valence-electron chi connectivity index (χ3n) is 3.40. The predicted molar refractivity (Wildman–Crippen MR) is 73.4 cm³/mol. The first kappa shape index (κ1) is 14.3. The molecule has 0 aromatic carbocycles. The highest BCUT2D eigenvalue weighted by molar-refractivity contribution is 6.33. The van der Waals surface area contributed by atoms with Crippen LogP contribution in [0.4, 0.5) is 0 Å². The Morgan fingerprint density at radius 1 is 1.47 bits per heavy atom. The number of hydrogen-bond donors (Lipinski definition) is 0. The molecule has 0 unspecified atom stereocenters. The number of carbonyl (C=O) groups excluding carboxylic acids is 1. The largest absolute Gasteiger partial charge is 0.461 e. The van der Waals surface area contributed by atoms with Crippen molar-refractivity contribution in [3.05, 3.63) is 22.7 Å². The van der Waals surface area contributed by atoms with Crippen molar-refractivity contribution >= 4 is 17.6 Å². The van der Waals surface area contributed by atoms with Crippen molar-refractivity contribution in [3.8, 4) is 0 Å². The molecule has 0 amide bonds. The maximum Gasteiger partial charge on any atom is 0.358 e. The van der Waals surface area contributed by atoms with E-state index < -0.39 is 5.97 Å². The minimum Gasteiger partial charge on any atom is -0.461 e. The molecule has 1 heterocycles. The highest BCUT2D eigenvalue weighted by atomic mass is 35.5. The zero-order chi connectivity index (χ0) is 13.8. The summed E-state index contributed by atoms with van der Waals surface area (Å²) >= 11 is 5.97. The Bertz CT molecular complexity index is 457. The number of carbonyl (C=O) groups is 1. The average Bonchev–Trinajstić information content (AvgIpc) is 2.89. The smallest absolute Gasteiger partial charge is 0.358 e. The second-order valence-corrected chi connectivity index (χ2v) is 5.74. The Morgan fingerprint density at radius 2 is 2.16 bits per heavy atom. The van der Waals surface area contributed by atoms with Crippen molar-refractivity contribution in [3.63, 3.8) is 0 Å². The summed E-state index contributed by atoms with van der Waals surface area (Å²) in [6, 6.07) is 0. The van der Waals surface area contributed by atoms with Crippen LogP contribution >= 0.6 is 11.6 Å². The summed E-state index contributed by atoms with van der Waals surface area (Å²) in [7, 11) is 0. The Hall–Kier alpha value is -1.16. The van der Waals surface area contributed by atoms with Gasteiger partial charge in [-0.05, 0) is 18.8 Å². The number of rotatable bonds is 4. The van der Waals surface area contributed by atoms with Gasteiger partial charge >= 0.3 is 5.97 Å². The molecule has 0 atom stereocenters. The van der Waals surface area contributed by atoms with E-state index in [-0.39, 0.29) is 16.6 Å². The van der Waals surface area contributed by atoms with E-state index >= 15 is 0 Å². The van der Waals surface area contributed by atoms with Gasteiger partial charge in [-0.3, -0.25) is 0 Å². The van der Waals surface area contributed by atoms with E-state index in [0.29, 0.717) is 18.3 Å². The zero-order valence-electron chi connectivity index (χ0n) is 11.4. The van der Waals surface area contributed by atoms with Crippen LogP contribution in [0.15, 0.2) is 6.20 Å². The van der Waals surface area contributed by atoms with Gasteiger partial charge in [-0.15, -0.1) is 0 Å². The van der Waals surface area contributed by atoms with Crippen LogP contribution in [0.5, 0.6) is 0 Å². The van der Waals surface area contributed by atoms with Crippen LogP contribution in [0.3, 0.4) is 0 Å². The standard InChI is InChI=1S/C14H19ClN2O2/c1-9(2)13-16-7-11(15)12(17-13)14(18)19-8-10-5-3-4-6-10/h7,9-10H,3-6,8H2,1-2H3. The molecule has 1 aliphatic carbocycles. The SMILES string of the molecule is CC(C)c1ncc(Cl)c(C(=O)OCC2CCCC2)n1. The fourth-order valence-electron chi connectivity index (χ4n) is 2.24. The highest BCUT2D eigenvalue weighted by Crippen LogP contribution is 2.25. The molecule has 0 bridgehead atoms. The summed E-state index contributed by atoms with van der Waals surface area (Å²) in [5.41, 5.74) is 0.179. The molecule has 19 heavy (non-hydrogen) atoms. The monoisotopic (exact) mass is 282 g/mol. The lowest BCUT2D eigenvalue weighted by atomic mass is 10.1. The van der Waals surface area contributed by atoms with Crippen LogP contribution in [-0.2, 0) is 4.74 Å².